The van der Waals surface area contributed by atoms with E-state index in [1.807, 2.05) is 78.1 Å². The highest BCUT2D eigenvalue weighted by molar-refractivity contribution is 5.87. The second-order valence-electron chi connectivity index (χ2n) is 12.0. The first-order chi connectivity index (χ1) is 18.4. The van der Waals surface area contributed by atoms with Crippen molar-refractivity contribution >= 4 is 23.2 Å². The van der Waals surface area contributed by atoms with Crippen molar-refractivity contribution in [2.75, 3.05) is 13.1 Å². The average molecular weight is 536 g/mol. The number of benzene rings is 1. The van der Waals surface area contributed by atoms with Crippen molar-refractivity contribution in [2.24, 2.45) is 0 Å². The molecule has 39 heavy (non-hydrogen) atoms. The molecule has 210 valence electrons. The number of aromatic nitrogens is 3. The number of hydrogen-bond acceptors (Lipinski definition) is 7. The van der Waals surface area contributed by atoms with E-state index in [1.165, 1.54) is 5.56 Å². The number of rotatable bonds is 7. The van der Waals surface area contributed by atoms with Gasteiger partial charge >= 0.3 is 12.2 Å². The normalized spacial score (nSPS) is 15.7. The van der Waals surface area contributed by atoms with Crippen molar-refractivity contribution in [1.29, 1.82) is 0 Å². The summed E-state index contributed by atoms with van der Waals surface area (Å²) >= 11 is 0. The van der Waals surface area contributed by atoms with Gasteiger partial charge in [0.05, 0.1) is 29.3 Å². The van der Waals surface area contributed by atoms with Gasteiger partial charge in [0, 0.05) is 19.3 Å². The summed E-state index contributed by atoms with van der Waals surface area (Å²) < 4.78 is 12.7. The van der Waals surface area contributed by atoms with E-state index in [9.17, 15) is 9.59 Å². The van der Waals surface area contributed by atoms with Crippen LogP contribution in [-0.4, -0.2) is 55.9 Å². The third-order valence-electron chi connectivity index (χ3n) is 6.45. The zero-order chi connectivity index (χ0) is 28.2. The number of nitrogens with one attached hydrogen (secondary N) is 1. The molecule has 0 aliphatic heterocycles. The molecule has 1 aliphatic carbocycles. The van der Waals surface area contributed by atoms with Crippen LogP contribution in [0.25, 0.3) is 11.0 Å². The summed E-state index contributed by atoms with van der Waals surface area (Å²) in [4.78, 5) is 37.5. The lowest BCUT2D eigenvalue weighted by atomic mass is 9.90. The fourth-order valence-electron chi connectivity index (χ4n) is 4.95. The first-order valence-electron chi connectivity index (χ1n) is 13.8. The van der Waals surface area contributed by atoms with E-state index in [-0.39, 0.29) is 6.04 Å². The number of ether oxygens (including phenoxy) is 2. The molecule has 1 aliphatic rings. The van der Waals surface area contributed by atoms with Crippen molar-refractivity contribution in [3.05, 3.63) is 59.7 Å². The summed E-state index contributed by atoms with van der Waals surface area (Å²) in [5.41, 5.74) is 2.60. The number of aryl methyl sites for hydroxylation is 1. The Hall–Kier alpha value is -3.46. The van der Waals surface area contributed by atoms with Gasteiger partial charge in [0.1, 0.15) is 17.0 Å². The van der Waals surface area contributed by atoms with Gasteiger partial charge in [-0.3, -0.25) is 9.88 Å². The van der Waals surface area contributed by atoms with Crippen LogP contribution in [0.5, 0.6) is 0 Å². The van der Waals surface area contributed by atoms with Gasteiger partial charge in [0.25, 0.3) is 0 Å². The van der Waals surface area contributed by atoms with Crippen molar-refractivity contribution < 1.29 is 19.1 Å². The molecule has 1 aromatic carbocycles. The highest BCUT2D eigenvalue weighted by Gasteiger charge is 2.30. The average Bonchev–Trinajstić information content (AvgIpc) is 3.21. The standard InChI is InChI=1S/C30H41N5O4/c1-29(2,3)38-27(36)32-18-11-19-34(24-16-9-12-21-13-10-17-31-26(21)24)20-25-33-22-14-7-8-15-23(22)35(25)28(37)39-30(4,5)6/h7-8,10,13-15,17,24H,9,11-12,16,18-20H2,1-6H3,(H,32,36). The number of imidazole rings is 1. The number of nitrogens with zero attached hydrogens (tertiary/aromatic N) is 4. The number of alkyl carbamates (subject to hydrolysis) is 1. The predicted octanol–water partition coefficient (Wildman–Crippen LogP) is 6.01. The number of carbonyl (C=O) groups excluding carboxylic acids is 2. The highest BCUT2D eigenvalue weighted by atomic mass is 16.6. The van der Waals surface area contributed by atoms with Gasteiger partial charge in [-0.15, -0.1) is 0 Å². The minimum Gasteiger partial charge on any atom is -0.444 e. The van der Waals surface area contributed by atoms with Crippen LogP contribution >= 0.6 is 0 Å². The smallest absolute Gasteiger partial charge is 0.420 e. The molecule has 0 saturated carbocycles. The van der Waals surface area contributed by atoms with Crippen molar-refractivity contribution in [1.82, 2.24) is 24.8 Å². The maximum absolute atomic E-state index is 13.4. The van der Waals surface area contributed by atoms with Crippen LogP contribution in [0.1, 0.15) is 83.9 Å². The molecular formula is C30H41N5O4. The van der Waals surface area contributed by atoms with Crippen LogP contribution in [0.2, 0.25) is 0 Å². The Morgan fingerprint density at radius 1 is 1.05 bits per heavy atom. The molecule has 0 radical (unpaired) electrons. The SMILES string of the molecule is CC(C)(C)OC(=O)NCCCN(Cc1nc2ccccc2n1C(=O)OC(C)(C)C)C1CCCc2cccnc21. The molecule has 1 unspecified atom stereocenters. The second-order valence-corrected chi connectivity index (χ2v) is 12.0. The first-order valence-corrected chi connectivity index (χ1v) is 13.8. The van der Waals surface area contributed by atoms with E-state index in [0.717, 1.165) is 36.0 Å². The summed E-state index contributed by atoms with van der Waals surface area (Å²) in [6.45, 7) is 12.7. The monoisotopic (exact) mass is 535 g/mol. The minimum absolute atomic E-state index is 0.0726. The first kappa shape index (κ1) is 28.5. The Bertz CT molecular complexity index is 1300. The Kier molecular flexibility index (Phi) is 8.59. The van der Waals surface area contributed by atoms with E-state index in [4.69, 9.17) is 19.4 Å². The van der Waals surface area contributed by atoms with Crippen LogP contribution in [0.3, 0.4) is 0 Å². The third-order valence-corrected chi connectivity index (χ3v) is 6.45. The topological polar surface area (TPSA) is 98.6 Å². The van der Waals surface area contributed by atoms with Crippen LogP contribution in [-0.2, 0) is 22.4 Å². The van der Waals surface area contributed by atoms with Crippen LogP contribution < -0.4 is 5.32 Å². The van der Waals surface area contributed by atoms with E-state index >= 15 is 0 Å². The Morgan fingerprint density at radius 3 is 2.54 bits per heavy atom. The number of fused-ring (bicyclic) bond motifs is 2. The molecule has 0 spiro atoms. The molecule has 2 aromatic heterocycles. The molecular weight excluding hydrogens is 494 g/mol. The zero-order valence-corrected chi connectivity index (χ0v) is 24.0. The van der Waals surface area contributed by atoms with Gasteiger partial charge in [0.2, 0.25) is 0 Å². The van der Waals surface area contributed by atoms with Crippen LogP contribution in [0.15, 0.2) is 42.6 Å². The molecule has 0 fully saturated rings. The molecule has 1 N–H and O–H groups in total. The second kappa shape index (κ2) is 11.7. The lowest BCUT2D eigenvalue weighted by Gasteiger charge is -2.35. The predicted molar refractivity (Wildman–Crippen MR) is 151 cm³/mol. The van der Waals surface area contributed by atoms with Gasteiger partial charge in [-0.1, -0.05) is 18.2 Å². The van der Waals surface area contributed by atoms with E-state index < -0.39 is 23.4 Å². The van der Waals surface area contributed by atoms with Gasteiger partial charge < -0.3 is 14.8 Å². The number of pyridine rings is 1. The quantitative estimate of drug-likeness (QED) is 0.370. The van der Waals surface area contributed by atoms with E-state index in [2.05, 4.69) is 16.3 Å². The van der Waals surface area contributed by atoms with Crippen molar-refractivity contribution in [3.8, 4) is 0 Å². The number of hydrogen-bond donors (Lipinski definition) is 1. The molecule has 3 aromatic rings. The largest absolute Gasteiger partial charge is 0.444 e. The molecule has 9 nitrogen and oxygen atoms in total. The van der Waals surface area contributed by atoms with E-state index in [0.29, 0.717) is 31.9 Å². The van der Waals surface area contributed by atoms with Crippen molar-refractivity contribution in [2.45, 2.75) is 91.0 Å². The molecule has 1 atom stereocenters. The fourth-order valence-corrected chi connectivity index (χ4v) is 4.95. The third kappa shape index (κ3) is 7.56. The number of para-hydroxylation sites is 2. The molecule has 2 heterocycles. The number of amides is 1. The maximum atomic E-state index is 13.4. The summed E-state index contributed by atoms with van der Waals surface area (Å²) in [6.07, 6.45) is 4.68. The zero-order valence-electron chi connectivity index (χ0n) is 24.0. The Balaban J connectivity index is 1.61. The Morgan fingerprint density at radius 2 is 1.79 bits per heavy atom. The van der Waals surface area contributed by atoms with Gasteiger partial charge in [0.15, 0.2) is 0 Å². The summed E-state index contributed by atoms with van der Waals surface area (Å²) in [5.74, 6) is 0.619. The lowest BCUT2D eigenvalue weighted by molar-refractivity contribution is 0.0508. The minimum atomic E-state index is -0.640. The molecule has 0 bridgehead atoms. The van der Waals surface area contributed by atoms with Gasteiger partial charge in [-0.05, 0) is 91.0 Å². The van der Waals surface area contributed by atoms with Crippen LogP contribution in [0.4, 0.5) is 9.59 Å². The Labute approximate surface area is 230 Å². The molecule has 9 heteroatoms. The fraction of sp³-hybridized carbons (Fsp3) is 0.533. The molecule has 4 rings (SSSR count). The summed E-state index contributed by atoms with van der Waals surface area (Å²) in [6, 6.07) is 11.8. The van der Waals surface area contributed by atoms with Crippen LogP contribution in [0, 0.1) is 0 Å². The van der Waals surface area contributed by atoms with Gasteiger partial charge in [-0.25, -0.2) is 19.1 Å². The lowest BCUT2D eigenvalue weighted by Crippen LogP contribution is -2.37. The van der Waals surface area contributed by atoms with Crippen molar-refractivity contribution in [3.63, 3.8) is 0 Å². The number of carbonyl (C=O) groups is 2. The maximum Gasteiger partial charge on any atom is 0.420 e. The summed E-state index contributed by atoms with van der Waals surface area (Å²) in [5, 5.41) is 2.86. The molecule has 0 saturated heterocycles. The molecule has 1 amide bonds. The van der Waals surface area contributed by atoms with E-state index in [1.54, 1.807) is 4.57 Å². The summed E-state index contributed by atoms with van der Waals surface area (Å²) in [7, 11) is 0. The van der Waals surface area contributed by atoms with Gasteiger partial charge in [-0.2, -0.15) is 0 Å². The highest BCUT2D eigenvalue weighted by Crippen LogP contribution is 2.34.